The Hall–Kier alpha value is -1.74. The van der Waals surface area contributed by atoms with Crippen LogP contribution in [0, 0.1) is 23.7 Å². The van der Waals surface area contributed by atoms with Crippen molar-refractivity contribution < 1.29 is 10.2 Å². The summed E-state index contributed by atoms with van der Waals surface area (Å²) in [6, 6.07) is 9.44. The number of aliphatic hydroxyl groups excluding tert-OH is 2. The summed E-state index contributed by atoms with van der Waals surface area (Å²) in [5, 5.41) is 18.1. The van der Waals surface area contributed by atoms with Crippen LogP contribution in [0.3, 0.4) is 0 Å². The van der Waals surface area contributed by atoms with Gasteiger partial charge in [0.05, 0.1) is 6.10 Å². The lowest BCUT2D eigenvalue weighted by atomic mass is 10.2. The molecule has 0 aromatic heterocycles. The molecule has 2 unspecified atom stereocenters. The third-order valence-electron chi connectivity index (χ3n) is 1.72. The molecule has 0 spiro atoms. The number of aliphatic hydroxyl groups is 2. The zero-order valence-corrected chi connectivity index (χ0v) is 8.44. The third kappa shape index (κ3) is 4.33. The first-order valence-electron chi connectivity index (χ1n) is 4.63. The van der Waals surface area contributed by atoms with E-state index in [1.165, 1.54) is 6.92 Å². The zero-order valence-electron chi connectivity index (χ0n) is 8.44. The molecule has 0 heterocycles. The lowest BCUT2D eigenvalue weighted by Crippen LogP contribution is -2.19. The summed E-state index contributed by atoms with van der Waals surface area (Å²) < 4.78 is 0. The molecule has 0 aliphatic carbocycles. The number of hydrogen-bond acceptors (Lipinski definition) is 2. The number of hydrogen-bond donors (Lipinski definition) is 2. The Morgan fingerprint density at radius 2 is 1.73 bits per heavy atom. The highest BCUT2D eigenvalue weighted by molar-refractivity contribution is 5.39. The minimum absolute atomic E-state index is 0.851. The summed E-state index contributed by atoms with van der Waals surface area (Å²) in [6.07, 6.45) is -1.88. The van der Waals surface area contributed by atoms with Gasteiger partial charge in [-0.1, -0.05) is 30.0 Å². The van der Waals surface area contributed by atoms with Gasteiger partial charge in [0.2, 0.25) is 0 Å². The van der Waals surface area contributed by atoms with Gasteiger partial charge in [0.1, 0.15) is 6.10 Å². The van der Waals surface area contributed by atoms with Gasteiger partial charge < -0.3 is 10.2 Å². The Bertz CT molecular complexity index is 413. The summed E-state index contributed by atoms with van der Waals surface area (Å²) in [4.78, 5) is 0. The molecule has 0 amide bonds. The molecular formula is C13H12O2. The summed E-state index contributed by atoms with van der Waals surface area (Å²) in [7, 11) is 0. The van der Waals surface area contributed by atoms with Crippen molar-refractivity contribution in [2.75, 3.05) is 0 Å². The molecule has 76 valence electrons. The lowest BCUT2D eigenvalue weighted by molar-refractivity contribution is 0.0678. The Morgan fingerprint density at radius 3 is 2.33 bits per heavy atom. The van der Waals surface area contributed by atoms with E-state index in [0.717, 1.165) is 5.56 Å². The van der Waals surface area contributed by atoms with E-state index >= 15 is 0 Å². The molecule has 0 fully saturated rings. The Labute approximate surface area is 89.6 Å². The summed E-state index contributed by atoms with van der Waals surface area (Å²) in [5.74, 6) is 10.4. The second-order valence-corrected chi connectivity index (χ2v) is 3.07. The van der Waals surface area contributed by atoms with E-state index in [9.17, 15) is 0 Å². The number of benzene rings is 1. The molecule has 2 N–H and O–H groups in total. The van der Waals surface area contributed by atoms with E-state index in [2.05, 4.69) is 23.7 Å². The average molecular weight is 200 g/mol. The third-order valence-corrected chi connectivity index (χ3v) is 1.72. The van der Waals surface area contributed by atoms with Crippen molar-refractivity contribution in [3.8, 4) is 23.7 Å². The SMILES string of the molecule is CC(O)C(O)C#CC#Cc1ccccc1. The molecule has 1 rings (SSSR count). The van der Waals surface area contributed by atoms with Crippen LogP contribution in [0.2, 0.25) is 0 Å². The zero-order chi connectivity index (χ0) is 11.1. The van der Waals surface area contributed by atoms with Crippen LogP contribution in [0.15, 0.2) is 30.3 Å². The predicted molar refractivity (Wildman–Crippen MR) is 58.8 cm³/mol. The van der Waals surface area contributed by atoms with E-state index in [0.29, 0.717) is 0 Å². The van der Waals surface area contributed by atoms with Crippen molar-refractivity contribution in [2.24, 2.45) is 0 Å². The molecule has 2 heteroatoms. The van der Waals surface area contributed by atoms with Gasteiger partial charge in [-0.25, -0.2) is 0 Å². The second-order valence-electron chi connectivity index (χ2n) is 3.07. The molecule has 2 nitrogen and oxygen atoms in total. The number of rotatable bonds is 1. The van der Waals surface area contributed by atoms with Gasteiger partial charge in [-0.3, -0.25) is 0 Å². The van der Waals surface area contributed by atoms with Crippen molar-refractivity contribution in [1.82, 2.24) is 0 Å². The first kappa shape index (κ1) is 11.3. The van der Waals surface area contributed by atoms with Crippen LogP contribution < -0.4 is 0 Å². The lowest BCUT2D eigenvalue weighted by Gasteiger charge is -2.03. The van der Waals surface area contributed by atoms with E-state index in [1.54, 1.807) is 0 Å². The first-order chi connectivity index (χ1) is 7.20. The Balaban J connectivity index is 2.61. The van der Waals surface area contributed by atoms with Gasteiger partial charge in [-0.05, 0) is 30.9 Å². The molecule has 0 radical (unpaired) electrons. The smallest absolute Gasteiger partial charge is 0.141 e. The van der Waals surface area contributed by atoms with Gasteiger partial charge in [0.25, 0.3) is 0 Å². The molecule has 0 saturated heterocycles. The quantitative estimate of drug-likeness (QED) is 0.658. The fourth-order valence-corrected chi connectivity index (χ4v) is 0.856. The van der Waals surface area contributed by atoms with Crippen molar-refractivity contribution in [3.63, 3.8) is 0 Å². The Morgan fingerprint density at radius 1 is 1.07 bits per heavy atom. The van der Waals surface area contributed by atoms with E-state index in [-0.39, 0.29) is 0 Å². The van der Waals surface area contributed by atoms with Crippen LogP contribution >= 0.6 is 0 Å². The molecule has 15 heavy (non-hydrogen) atoms. The van der Waals surface area contributed by atoms with E-state index in [4.69, 9.17) is 10.2 Å². The molecule has 2 atom stereocenters. The summed E-state index contributed by atoms with van der Waals surface area (Å²) in [5.41, 5.74) is 0.873. The maximum absolute atomic E-state index is 9.13. The minimum atomic E-state index is -1.03. The highest BCUT2D eigenvalue weighted by atomic mass is 16.3. The molecule has 1 aromatic carbocycles. The highest BCUT2D eigenvalue weighted by Gasteiger charge is 2.04. The van der Waals surface area contributed by atoms with Crippen molar-refractivity contribution in [3.05, 3.63) is 35.9 Å². The van der Waals surface area contributed by atoms with E-state index < -0.39 is 12.2 Å². The van der Waals surface area contributed by atoms with Crippen LogP contribution in [-0.4, -0.2) is 22.4 Å². The van der Waals surface area contributed by atoms with Gasteiger partial charge >= 0.3 is 0 Å². The van der Waals surface area contributed by atoms with Crippen LogP contribution in [-0.2, 0) is 0 Å². The molecule has 0 saturated carbocycles. The van der Waals surface area contributed by atoms with Crippen LogP contribution in [0.4, 0.5) is 0 Å². The maximum atomic E-state index is 9.13. The largest absolute Gasteiger partial charge is 0.390 e. The molecule has 0 aliphatic heterocycles. The van der Waals surface area contributed by atoms with Gasteiger partial charge in [-0.15, -0.1) is 0 Å². The van der Waals surface area contributed by atoms with Crippen LogP contribution in [0.25, 0.3) is 0 Å². The standard InChI is InChI=1S/C13H12O2/c1-11(14)13(15)10-6-5-9-12-7-3-2-4-8-12/h2-4,7-8,11,13-15H,1H3. The molecular weight excluding hydrogens is 188 g/mol. The van der Waals surface area contributed by atoms with Gasteiger partial charge in [0.15, 0.2) is 0 Å². The Kier molecular flexibility index (Phi) is 4.44. The summed E-state index contributed by atoms with van der Waals surface area (Å²) in [6.45, 7) is 1.48. The average Bonchev–Trinajstić information content (AvgIpc) is 2.25. The van der Waals surface area contributed by atoms with Crippen LogP contribution in [0.1, 0.15) is 12.5 Å². The van der Waals surface area contributed by atoms with Crippen molar-refractivity contribution in [2.45, 2.75) is 19.1 Å². The molecule has 1 aromatic rings. The summed E-state index contributed by atoms with van der Waals surface area (Å²) >= 11 is 0. The second kappa shape index (κ2) is 5.88. The molecule has 0 bridgehead atoms. The predicted octanol–water partition coefficient (Wildman–Crippen LogP) is 0.783. The minimum Gasteiger partial charge on any atom is -0.390 e. The fraction of sp³-hybridized carbons (Fsp3) is 0.231. The van der Waals surface area contributed by atoms with Crippen molar-refractivity contribution >= 4 is 0 Å². The van der Waals surface area contributed by atoms with Gasteiger partial charge in [0, 0.05) is 5.56 Å². The van der Waals surface area contributed by atoms with Crippen LogP contribution in [0.5, 0.6) is 0 Å². The normalized spacial score (nSPS) is 12.7. The maximum Gasteiger partial charge on any atom is 0.141 e. The first-order valence-corrected chi connectivity index (χ1v) is 4.63. The van der Waals surface area contributed by atoms with Gasteiger partial charge in [-0.2, -0.15) is 0 Å². The van der Waals surface area contributed by atoms with Crippen molar-refractivity contribution in [1.29, 1.82) is 0 Å². The highest BCUT2D eigenvalue weighted by Crippen LogP contribution is 1.94. The monoisotopic (exact) mass is 200 g/mol. The fourth-order valence-electron chi connectivity index (χ4n) is 0.856. The van der Waals surface area contributed by atoms with E-state index in [1.807, 2.05) is 30.3 Å². The molecule has 0 aliphatic rings. The topological polar surface area (TPSA) is 40.5 Å².